The Morgan fingerprint density at radius 1 is 0.407 bits per heavy atom. The van der Waals surface area contributed by atoms with Crippen molar-refractivity contribution in [2.24, 2.45) is 0 Å². The van der Waals surface area contributed by atoms with E-state index in [2.05, 4.69) is 101 Å². The van der Waals surface area contributed by atoms with Crippen LogP contribution >= 0.6 is 16.1 Å². The van der Waals surface area contributed by atoms with Crippen LogP contribution in [0.5, 0.6) is 0 Å². The van der Waals surface area contributed by atoms with Gasteiger partial charge < -0.3 is 0 Å². The predicted octanol–water partition coefficient (Wildman–Crippen LogP) is 14.6. The van der Waals surface area contributed by atoms with Crippen LogP contribution in [0.25, 0.3) is 0 Å². The first-order chi connectivity index (χ1) is 28.8. The maximum atomic E-state index is 16.4. The average Bonchev–Trinajstić information content (AvgIpc) is 3.26. The van der Waals surface area contributed by atoms with E-state index in [0.717, 1.165) is 19.4 Å². The van der Waals surface area contributed by atoms with Gasteiger partial charge in [0.05, 0.1) is 16.1 Å². The zero-order chi connectivity index (χ0) is 42.5. The van der Waals surface area contributed by atoms with Crippen molar-refractivity contribution in [3.8, 4) is 0 Å². The van der Waals surface area contributed by atoms with Gasteiger partial charge in [-0.1, -0.05) is 251 Å². The fourth-order valence-corrected chi connectivity index (χ4v) is 26.9. The van der Waals surface area contributed by atoms with Crippen LogP contribution in [0.2, 0.25) is 36.3 Å². The molecular weight excluding hydrogens is 795 g/mol. The average molecular weight is 874 g/mol. The van der Waals surface area contributed by atoms with E-state index in [1.54, 1.807) is 34.6 Å². The highest BCUT2D eigenvalue weighted by atomic mass is 31.2. The van der Waals surface area contributed by atoms with Crippen molar-refractivity contribution < 1.29 is 8.78 Å². The number of halogens is 2. The summed E-state index contributed by atoms with van der Waals surface area (Å²) in [7, 11) is -6.41. The molecule has 0 heterocycles. The Hall–Kier alpha value is -2.01. The standard InChI is InChI=1S/C52H79F2NP2Si2/c1-8-15-36-55(57(51-34-24-22-32-49(51)53)52-35-25-23-33-50(52)54)56(45-28-26-30-47(43-45)58(37-16-9-2,38-17-10-3)39-18-11-4)46-29-27-31-48(44-46)59(40-19-12-5,41-20-13-6)42-21-14-7/h22-35,43-44H,8-21,36-42H2,1-7H3. The first kappa shape index (κ1) is 49.6. The van der Waals surface area contributed by atoms with E-state index in [1.165, 1.54) is 124 Å². The van der Waals surface area contributed by atoms with E-state index in [0.29, 0.717) is 10.6 Å². The van der Waals surface area contributed by atoms with E-state index < -0.39 is 32.3 Å². The molecule has 1 nitrogen and oxygen atoms in total. The predicted molar refractivity (Wildman–Crippen MR) is 269 cm³/mol. The van der Waals surface area contributed by atoms with Crippen molar-refractivity contribution in [2.75, 3.05) is 6.54 Å². The summed E-state index contributed by atoms with van der Waals surface area (Å²) in [6.45, 7) is 17.1. The molecule has 0 spiro atoms. The molecule has 0 unspecified atom stereocenters. The molecule has 0 amide bonds. The van der Waals surface area contributed by atoms with E-state index in [1.807, 2.05) is 24.3 Å². The minimum absolute atomic E-state index is 0.240. The maximum Gasteiger partial charge on any atom is 0.132 e. The zero-order valence-electron chi connectivity index (χ0n) is 38.2. The molecular formula is C52H79F2NP2Si2. The summed E-state index contributed by atoms with van der Waals surface area (Å²) < 4.78 is 35.5. The van der Waals surface area contributed by atoms with Crippen LogP contribution in [0.15, 0.2) is 97.1 Å². The number of hydrogen-bond donors (Lipinski definition) is 0. The van der Waals surface area contributed by atoms with Crippen molar-refractivity contribution in [3.63, 3.8) is 0 Å². The summed E-state index contributed by atoms with van der Waals surface area (Å²) in [5, 5.41) is 7.19. The van der Waals surface area contributed by atoms with Crippen LogP contribution in [0.3, 0.4) is 0 Å². The molecule has 59 heavy (non-hydrogen) atoms. The van der Waals surface area contributed by atoms with Crippen LogP contribution in [0.1, 0.15) is 138 Å². The van der Waals surface area contributed by atoms with Gasteiger partial charge in [0, 0.05) is 33.3 Å². The van der Waals surface area contributed by atoms with Crippen molar-refractivity contribution in [3.05, 3.63) is 109 Å². The molecule has 4 aromatic rings. The van der Waals surface area contributed by atoms with Gasteiger partial charge in [0.25, 0.3) is 0 Å². The lowest BCUT2D eigenvalue weighted by Gasteiger charge is -2.41. The molecule has 7 heteroatoms. The second kappa shape index (κ2) is 26.5. The van der Waals surface area contributed by atoms with E-state index >= 15 is 8.78 Å². The summed E-state index contributed by atoms with van der Waals surface area (Å²) >= 11 is 0. The van der Waals surface area contributed by atoms with Gasteiger partial charge in [-0.15, -0.1) is 0 Å². The minimum Gasteiger partial charge on any atom is -0.245 e. The molecule has 0 aliphatic heterocycles. The third-order valence-corrected chi connectivity index (χ3v) is 29.3. The Morgan fingerprint density at radius 2 is 0.746 bits per heavy atom. The lowest BCUT2D eigenvalue weighted by atomic mass is 10.3. The highest BCUT2D eigenvalue weighted by Crippen LogP contribution is 2.55. The number of unbranched alkanes of at least 4 members (excludes halogenated alkanes) is 7. The van der Waals surface area contributed by atoms with Crippen molar-refractivity contribution in [1.29, 1.82) is 0 Å². The molecule has 324 valence electrons. The molecule has 4 aromatic carbocycles. The van der Waals surface area contributed by atoms with E-state index in [9.17, 15) is 0 Å². The van der Waals surface area contributed by atoms with Crippen LogP contribution in [0, 0.1) is 11.6 Å². The fraction of sp³-hybridized carbons (Fsp3) is 0.538. The lowest BCUT2D eigenvalue weighted by Crippen LogP contribution is -2.49. The van der Waals surface area contributed by atoms with Gasteiger partial charge in [-0.3, -0.25) is 0 Å². The highest BCUT2D eigenvalue weighted by Gasteiger charge is 2.39. The van der Waals surface area contributed by atoms with Gasteiger partial charge in [-0.05, 0) is 41.3 Å². The molecule has 0 atom stereocenters. The molecule has 0 fully saturated rings. The van der Waals surface area contributed by atoms with Gasteiger partial charge in [-0.2, -0.15) is 0 Å². The molecule has 0 bridgehead atoms. The monoisotopic (exact) mass is 874 g/mol. The molecule has 0 N–H and O–H groups in total. The van der Waals surface area contributed by atoms with Crippen molar-refractivity contribution >= 4 is 63.9 Å². The zero-order valence-corrected chi connectivity index (χ0v) is 42.0. The number of rotatable bonds is 29. The Balaban J connectivity index is 2.12. The Kier molecular flexibility index (Phi) is 22.3. The van der Waals surface area contributed by atoms with Gasteiger partial charge >= 0.3 is 0 Å². The van der Waals surface area contributed by atoms with E-state index in [-0.39, 0.29) is 11.6 Å². The molecule has 0 radical (unpaired) electrons. The van der Waals surface area contributed by atoms with Crippen molar-refractivity contribution in [2.45, 2.75) is 175 Å². The minimum atomic E-state index is -1.85. The first-order valence-corrected chi connectivity index (χ1v) is 31.7. The number of benzene rings is 4. The topological polar surface area (TPSA) is 3.24 Å². The third-order valence-electron chi connectivity index (χ3n) is 12.8. The molecule has 0 aliphatic rings. The molecule has 0 aromatic heterocycles. The highest BCUT2D eigenvalue weighted by molar-refractivity contribution is 7.84. The largest absolute Gasteiger partial charge is 0.245 e. The van der Waals surface area contributed by atoms with Gasteiger partial charge in [0.15, 0.2) is 0 Å². The second-order valence-corrected chi connectivity index (χ2v) is 31.1. The Bertz CT molecular complexity index is 1620. The van der Waals surface area contributed by atoms with Crippen LogP contribution in [-0.4, -0.2) is 27.1 Å². The molecule has 0 aliphatic carbocycles. The number of hydrogen-bond acceptors (Lipinski definition) is 1. The second-order valence-electron chi connectivity index (χ2n) is 17.3. The van der Waals surface area contributed by atoms with Gasteiger partial charge in [0.1, 0.15) is 11.6 Å². The lowest BCUT2D eigenvalue weighted by molar-refractivity contribution is 0.623. The Morgan fingerprint density at radius 3 is 1.07 bits per heavy atom. The smallest absolute Gasteiger partial charge is 0.132 e. The normalized spacial score (nSPS) is 12.3. The summed E-state index contributed by atoms with van der Waals surface area (Å²) in [5.74, 6) is -0.480. The van der Waals surface area contributed by atoms with Crippen LogP contribution in [-0.2, 0) is 0 Å². The van der Waals surface area contributed by atoms with Crippen LogP contribution < -0.4 is 31.6 Å². The SMILES string of the molecule is CCCCN(P(c1cccc([Si](CCCC)(CCCC)CCCC)c1)c1cccc([Si](CCCC)(CCCC)CCCC)c1)P(c1ccccc1F)c1ccccc1F. The van der Waals surface area contributed by atoms with Gasteiger partial charge in [0.2, 0.25) is 0 Å². The molecule has 4 rings (SSSR count). The van der Waals surface area contributed by atoms with Gasteiger partial charge in [-0.25, -0.2) is 13.2 Å². The molecule has 0 saturated heterocycles. The summed E-state index contributed by atoms with van der Waals surface area (Å²) in [6, 6.07) is 42.3. The maximum absolute atomic E-state index is 16.4. The van der Waals surface area contributed by atoms with E-state index in [4.69, 9.17) is 0 Å². The number of nitrogens with zero attached hydrogens (tertiary/aromatic N) is 1. The summed E-state index contributed by atoms with van der Waals surface area (Å²) in [4.78, 5) is 0. The quantitative estimate of drug-likeness (QED) is 0.0388. The fourth-order valence-electron chi connectivity index (χ4n) is 9.27. The summed E-state index contributed by atoms with van der Waals surface area (Å²) in [5.41, 5.74) is 0. The Labute approximate surface area is 365 Å². The van der Waals surface area contributed by atoms with Crippen LogP contribution in [0.4, 0.5) is 8.78 Å². The molecule has 0 saturated carbocycles. The summed E-state index contributed by atoms with van der Waals surface area (Å²) in [6.07, 6.45) is 17.1. The van der Waals surface area contributed by atoms with Crippen molar-refractivity contribution in [1.82, 2.24) is 4.44 Å². The first-order valence-electron chi connectivity index (χ1n) is 23.9. The third kappa shape index (κ3) is 13.5.